The molecule has 0 radical (unpaired) electrons. The highest BCUT2D eigenvalue weighted by molar-refractivity contribution is 7.27. The van der Waals surface area contributed by atoms with Gasteiger partial charge in [-0.15, -0.1) is 22.7 Å². The van der Waals surface area contributed by atoms with Crippen LogP contribution in [0.15, 0.2) is 182 Å². The zero-order valence-corrected chi connectivity index (χ0v) is 28.7. The molecule has 8 aromatic carbocycles. The molecular formula is C46H30N2S2. The second kappa shape index (κ2) is 11.9. The van der Waals surface area contributed by atoms with E-state index < -0.39 is 0 Å². The maximum absolute atomic E-state index is 2.48. The maximum atomic E-state index is 2.48. The number of anilines is 6. The molecule has 0 fully saturated rings. The lowest BCUT2D eigenvalue weighted by atomic mass is 10.0. The number of nitrogens with zero attached hydrogens (tertiary/aromatic N) is 2. The van der Waals surface area contributed by atoms with Gasteiger partial charge < -0.3 is 9.80 Å². The van der Waals surface area contributed by atoms with Crippen LogP contribution in [0.1, 0.15) is 0 Å². The van der Waals surface area contributed by atoms with Gasteiger partial charge in [0.15, 0.2) is 0 Å². The Balaban J connectivity index is 1.35. The normalized spacial score (nSPS) is 11.6. The first-order valence-corrected chi connectivity index (χ1v) is 18.5. The fourth-order valence-electron chi connectivity index (χ4n) is 7.36. The van der Waals surface area contributed by atoms with Crippen molar-refractivity contribution in [2.45, 2.75) is 0 Å². The SMILES string of the molecule is c1ccc(N(c2ccccc2)c2cc3sc4c5ccccc5ccc4c3cc2N(c2ccccc2)c2cccc3c2sc2ccccc23)cc1. The van der Waals surface area contributed by atoms with Crippen LogP contribution in [0.25, 0.3) is 51.1 Å². The number of fused-ring (bicyclic) bond motifs is 8. The second-order valence-electron chi connectivity index (χ2n) is 12.5. The largest absolute Gasteiger partial charge is 0.308 e. The average Bonchev–Trinajstić information content (AvgIpc) is 3.75. The molecule has 236 valence electrons. The van der Waals surface area contributed by atoms with Crippen molar-refractivity contribution in [3.8, 4) is 0 Å². The van der Waals surface area contributed by atoms with Crippen LogP contribution in [0, 0.1) is 0 Å². The van der Waals surface area contributed by atoms with Crippen LogP contribution < -0.4 is 9.80 Å². The van der Waals surface area contributed by atoms with E-state index in [0.717, 1.165) is 28.4 Å². The van der Waals surface area contributed by atoms with Gasteiger partial charge in [-0.1, -0.05) is 121 Å². The highest BCUT2D eigenvalue weighted by Gasteiger charge is 2.26. The van der Waals surface area contributed by atoms with Crippen molar-refractivity contribution in [2.24, 2.45) is 0 Å². The predicted molar refractivity (Wildman–Crippen MR) is 219 cm³/mol. The van der Waals surface area contributed by atoms with Gasteiger partial charge in [-0.3, -0.25) is 0 Å². The van der Waals surface area contributed by atoms with Crippen LogP contribution in [0.4, 0.5) is 34.1 Å². The third kappa shape index (κ3) is 4.68. The molecule has 0 saturated carbocycles. The minimum atomic E-state index is 1.11. The zero-order chi connectivity index (χ0) is 33.0. The Labute approximate surface area is 298 Å². The van der Waals surface area contributed by atoms with E-state index in [1.165, 1.54) is 56.8 Å². The number of thiophene rings is 2. The van der Waals surface area contributed by atoms with Gasteiger partial charge in [-0.05, 0) is 71.4 Å². The summed E-state index contributed by atoms with van der Waals surface area (Å²) in [5.74, 6) is 0. The highest BCUT2D eigenvalue weighted by Crippen LogP contribution is 2.52. The van der Waals surface area contributed by atoms with Crippen LogP contribution in [0.5, 0.6) is 0 Å². The highest BCUT2D eigenvalue weighted by atomic mass is 32.1. The van der Waals surface area contributed by atoms with Crippen molar-refractivity contribution in [2.75, 3.05) is 9.80 Å². The molecule has 10 aromatic rings. The zero-order valence-electron chi connectivity index (χ0n) is 27.0. The molecule has 0 N–H and O–H groups in total. The van der Waals surface area contributed by atoms with Crippen LogP contribution in [-0.2, 0) is 0 Å². The first-order valence-electron chi connectivity index (χ1n) is 16.9. The van der Waals surface area contributed by atoms with Crippen molar-refractivity contribution in [1.29, 1.82) is 0 Å². The molecule has 0 amide bonds. The first-order chi connectivity index (χ1) is 24.8. The fraction of sp³-hybridized carbons (Fsp3) is 0. The Morgan fingerprint density at radius 3 is 1.56 bits per heavy atom. The molecule has 2 nitrogen and oxygen atoms in total. The standard InChI is InChI=1S/C46H30N2S2/c1-4-16-32(17-5-1)47(33-18-6-2-7-19-33)42-30-44-39(38-28-27-31-15-10-11-22-35(31)45(38)50-44)29-41(42)48(34-20-8-3-9-21-34)40-25-14-24-37-36-23-12-13-26-43(36)49-46(37)40/h1-30H. The number of benzene rings is 8. The van der Waals surface area contributed by atoms with E-state index >= 15 is 0 Å². The minimum Gasteiger partial charge on any atom is -0.308 e. The smallest absolute Gasteiger partial charge is 0.0716 e. The molecule has 0 bridgehead atoms. The summed E-state index contributed by atoms with van der Waals surface area (Å²) in [5.41, 5.74) is 6.74. The topological polar surface area (TPSA) is 6.48 Å². The van der Waals surface area contributed by atoms with Crippen LogP contribution >= 0.6 is 22.7 Å². The third-order valence-electron chi connectivity index (χ3n) is 9.61. The van der Waals surface area contributed by atoms with Gasteiger partial charge in [-0.2, -0.15) is 0 Å². The fourth-order valence-corrected chi connectivity index (χ4v) is 9.82. The summed E-state index contributed by atoms with van der Waals surface area (Å²) in [6.07, 6.45) is 0. The third-order valence-corrected chi connectivity index (χ3v) is 12.0. The summed E-state index contributed by atoms with van der Waals surface area (Å²) in [7, 11) is 0. The number of hydrogen-bond donors (Lipinski definition) is 0. The molecule has 0 saturated heterocycles. The quantitative estimate of drug-likeness (QED) is 0.173. The monoisotopic (exact) mass is 674 g/mol. The second-order valence-corrected chi connectivity index (χ2v) is 14.6. The van der Waals surface area contributed by atoms with Crippen molar-refractivity contribution in [3.63, 3.8) is 0 Å². The van der Waals surface area contributed by atoms with E-state index in [0.29, 0.717) is 0 Å². The summed E-state index contributed by atoms with van der Waals surface area (Å²) in [5, 5.41) is 7.69. The Hall–Kier alpha value is -5.94. The lowest BCUT2D eigenvalue weighted by molar-refractivity contribution is 1.24. The van der Waals surface area contributed by atoms with Crippen molar-refractivity contribution in [1.82, 2.24) is 0 Å². The van der Waals surface area contributed by atoms with Gasteiger partial charge in [0.05, 0.1) is 21.8 Å². The van der Waals surface area contributed by atoms with E-state index in [1.54, 1.807) is 0 Å². The van der Waals surface area contributed by atoms with E-state index in [1.807, 2.05) is 22.7 Å². The Morgan fingerprint density at radius 1 is 0.300 bits per heavy atom. The molecule has 2 heterocycles. The first kappa shape index (κ1) is 29.0. The van der Waals surface area contributed by atoms with Crippen molar-refractivity contribution in [3.05, 3.63) is 182 Å². The molecule has 50 heavy (non-hydrogen) atoms. The van der Waals surface area contributed by atoms with Crippen LogP contribution in [0.2, 0.25) is 0 Å². The Bertz CT molecular complexity index is 2780. The Kier molecular flexibility index (Phi) is 6.90. The van der Waals surface area contributed by atoms with E-state index in [9.17, 15) is 0 Å². The van der Waals surface area contributed by atoms with Gasteiger partial charge >= 0.3 is 0 Å². The molecule has 2 aromatic heterocycles. The van der Waals surface area contributed by atoms with Gasteiger partial charge in [0.1, 0.15) is 0 Å². The summed E-state index contributed by atoms with van der Waals surface area (Å²) < 4.78 is 5.16. The molecule has 0 aliphatic rings. The Morgan fingerprint density at radius 2 is 0.840 bits per heavy atom. The van der Waals surface area contributed by atoms with E-state index in [4.69, 9.17) is 0 Å². The summed E-state index contributed by atoms with van der Waals surface area (Å²) in [6, 6.07) is 66.1. The summed E-state index contributed by atoms with van der Waals surface area (Å²) in [4.78, 5) is 4.90. The molecule has 0 spiro atoms. The lowest BCUT2D eigenvalue weighted by Gasteiger charge is -2.33. The molecule has 0 aliphatic carbocycles. The summed E-state index contributed by atoms with van der Waals surface area (Å²) in [6.45, 7) is 0. The maximum Gasteiger partial charge on any atom is 0.0716 e. The molecule has 0 atom stereocenters. The van der Waals surface area contributed by atoms with E-state index in [2.05, 4.69) is 192 Å². The van der Waals surface area contributed by atoms with Gasteiger partial charge in [0.25, 0.3) is 0 Å². The van der Waals surface area contributed by atoms with Gasteiger partial charge in [0.2, 0.25) is 0 Å². The van der Waals surface area contributed by atoms with Gasteiger partial charge in [0, 0.05) is 52.7 Å². The van der Waals surface area contributed by atoms with Crippen molar-refractivity contribution < 1.29 is 0 Å². The molecular weight excluding hydrogens is 645 g/mol. The molecule has 10 rings (SSSR count). The average molecular weight is 675 g/mol. The van der Waals surface area contributed by atoms with Crippen LogP contribution in [-0.4, -0.2) is 0 Å². The number of hydrogen-bond acceptors (Lipinski definition) is 4. The predicted octanol–water partition coefficient (Wildman–Crippen LogP) is 14.5. The molecule has 0 unspecified atom stereocenters. The van der Waals surface area contributed by atoms with Crippen molar-refractivity contribution >= 4 is 108 Å². The van der Waals surface area contributed by atoms with Crippen LogP contribution in [0.3, 0.4) is 0 Å². The number of rotatable bonds is 6. The minimum absolute atomic E-state index is 1.11. The molecule has 4 heteroatoms. The lowest BCUT2D eigenvalue weighted by Crippen LogP contribution is -2.17. The summed E-state index contributed by atoms with van der Waals surface area (Å²) >= 11 is 3.76. The molecule has 0 aliphatic heterocycles. The number of para-hydroxylation sites is 3. The van der Waals surface area contributed by atoms with E-state index in [-0.39, 0.29) is 0 Å². The van der Waals surface area contributed by atoms with Gasteiger partial charge in [-0.25, -0.2) is 0 Å².